The van der Waals surface area contributed by atoms with Gasteiger partial charge in [0.05, 0.1) is 13.7 Å². The molecule has 4 rings (SSSR count). The number of rotatable bonds is 10. The number of ether oxygens (including phenoxy) is 3. The molecule has 0 fully saturated rings. The Morgan fingerprint density at radius 1 is 0.889 bits per heavy atom. The van der Waals surface area contributed by atoms with Crippen LogP contribution in [0.2, 0.25) is 0 Å². The zero-order chi connectivity index (χ0) is 25.3. The van der Waals surface area contributed by atoms with Crippen molar-refractivity contribution in [3.05, 3.63) is 96.1 Å². The summed E-state index contributed by atoms with van der Waals surface area (Å²) in [5, 5.41) is 2.12. The van der Waals surface area contributed by atoms with Crippen molar-refractivity contribution in [3.8, 4) is 28.4 Å². The van der Waals surface area contributed by atoms with E-state index >= 15 is 0 Å². The number of benzene rings is 4. The largest absolute Gasteiger partial charge is 0.497 e. The van der Waals surface area contributed by atoms with Crippen LogP contribution in [0.15, 0.2) is 84.9 Å². The molecule has 0 saturated carbocycles. The first-order valence-corrected chi connectivity index (χ1v) is 12.4. The first-order valence-electron chi connectivity index (χ1n) is 12.4. The van der Waals surface area contributed by atoms with Crippen LogP contribution in [0.25, 0.3) is 28.0 Å². The van der Waals surface area contributed by atoms with E-state index in [-0.39, 0.29) is 5.97 Å². The molecule has 0 bridgehead atoms. The summed E-state index contributed by atoms with van der Waals surface area (Å²) < 4.78 is 17.1. The number of hydrogen-bond acceptors (Lipinski definition) is 4. The minimum Gasteiger partial charge on any atom is -0.497 e. The van der Waals surface area contributed by atoms with E-state index in [1.165, 1.54) is 11.6 Å². The molecule has 4 nitrogen and oxygen atoms in total. The zero-order valence-corrected chi connectivity index (χ0v) is 21.1. The lowest BCUT2D eigenvalue weighted by Crippen LogP contribution is -1.98. The lowest BCUT2D eigenvalue weighted by molar-refractivity contribution is -0.137. The first-order chi connectivity index (χ1) is 17.6. The van der Waals surface area contributed by atoms with Gasteiger partial charge in [-0.3, -0.25) is 0 Å². The van der Waals surface area contributed by atoms with E-state index < -0.39 is 0 Å². The van der Waals surface area contributed by atoms with Crippen LogP contribution in [0.1, 0.15) is 37.8 Å². The molecule has 0 amide bonds. The van der Waals surface area contributed by atoms with Crippen molar-refractivity contribution in [3.63, 3.8) is 0 Å². The monoisotopic (exact) mass is 480 g/mol. The van der Waals surface area contributed by atoms with Gasteiger partial charge in [-0.25, -0.2) is 4.79 Å². The maximum absolute atomic E-state index is 11.6. The third-order valence-corrected chi connectivity index (χ3v) is 6.04. The van der Waals surface area contributed by atoms with Gasteiger partial charge in [-0.2, -0.15) is 0 Å². The fourth-order valence-corrected chi connectivity index (χ4v) is 4.25. The fourth-order valence-electron chi connectivity index (χ4n) is 4.25. The predicted octanol–water partition coefficient (Wildman–Crippen LogP) is 8.23. The second kappa shape index (κ2) is 12.1. The number of aryl methyl sites for hydroxylation is 1. The molecule has 0 saturated heterocycles. The van der Waals surface area contributed by atoms with E-state index in [9.17, 15) is 4.79 Å². The van der Waals surface area contributed by atoms with Crippen molar-refractivity contribution < 1.29 is 19.0 Å². The standard InChI is InChI=1S/C32H32O4/c1-4-6-10-25-21-26-22-28(34-3)18-19-29(26)32(31(25)24-11-8-7-9-12-24)36-27-16-13-23(14-17-27)15-20-30(33)35-5-2/h7-9,11-22H,4-6,10H2,1-3H3/b20-15+. The van der Waals surface area contributed by atoms with Gasteiger partial charge in [0.2, 0.25) is 0 Å². The quantitative estimate of drug-likeness (QED) is 0.169. The Labute approximate surface area is 213 Å². The fraction of sp³-hybridized carbons (Fsp3) is 0.219. The van der Waals surface area contributed by atoms with E-state index in [1.54, 1.807) is 20.1 Å². The van der Waals surface area contributed by atoms with Crippen LogP contribution in [-0.4, -0.2) is 19.7 Å². The third-order valence-electron chi connectivity index (χ3n) is 6.04. The second-order valence-corrected chi connectivity index (χ2v) is 8.55. The lowest BCUT2D eigenvalue weighted by Gasteiger charge is -2.19. The molecule has 0 unspecified atom stereocenters. The van der Waals surface area contributed by atoms with Gasteiger partial charge < -0.3 is 14.2 Å². The molecule has 4 heteroatoms. The van der Waals surface area contributed by atoms with Crippen molar-refractivity contribution in [1.82, 2.24) is 0 Å². The van der Waals surface area contributed by atoms with Crippen LogP contribution in [0.5, 0.6) is 17.2 Å². The molecule has 0 aliphatic rings. The Kier molecular flexibility index (Phi) is 8.40. The Morgan fingerprint density at radius 2 is 1.64 bits per heavy atom. The molecule has 0 aliphatic carbocycles. The Morgan fingerprint density at radius 3 is 2.33 bits per heavy atom. The number of unbranched alkanes of at least 4 members (excludes halogenated alkanes) is 1. The number of esters is 1. The molecule has 0 spiro atoms. The van der Waals surface area contributed by atoms with Gasteiger partial charge in [-0.05, 0) is 78.2 Å². The SMILES string of the molecule is CCCCc1cc2cc(OC)ccc2c(Oc2ccc(/C=C/C(=O)OCC)cc2)c1-c1ccccc1. The normalized spacial score (nSPS) is 11.1. The van der Waals surface area contributed by atoms with Gasteiger partial charge in [-0.1, -0.05) is 61.9 Å². The predicted molar refractivity (Wildman–Crippen MR) is 147 cm³/mol. The highest BCUT2D eigenvalue weighted by Gasteiger charge is 2.18. The summed E-state index contributed by atoms with van der Waals surface area (Å²) in [6.45, 7) is 4.36. The smallest absolute Gasteiger partial charge is 0.330 e. The van der Waals surface area contributed by atoms with Gasteiger partial charge in [0.15, 0.2) is 0 Å². The van der Waals surface area contributed by atoms with Gasteiger partial charge in [0.25, 0.3) is 0 Å². The molecule has 4 aromatic carbocycles. The van der Waals surface area contributed by atoms with Crippen LogP contribution < -0.4 is 9.47 Å². The lowest BCUT2D eigenvalue weighted by atomic mass is 9.91. The molecule has 36 heavy (non-hydrogen) atoms. The minimum absolute atomic E-state index is 0.351. The summed E-state index contributed by atoms with van der Waals surface area (Å²) in [7, 11) is 1.69. The van der Waals surface area contributed by atoms with Crippen LogP contribution in [0, 0.1) is 0 Å². The van der Waals surface area contributed by atoms with Crippen LogP contribution in [0.3, 0.4) is 0 Å². The van der Waals surface area contributed by atoms with Crippen molar-refractivity contribution in [1.29, 1.82) is 0 Å². The highest BCUT2D eigenvalue weighted by molar-refractivity contribution is 5.98. The van der Waals surface area contributed by atoms with E-state index in [4.69, 9.17) is 14.2 Å². The van der Waals surface area contributed by atoms with E-state index in [1.807, 2.05) is 36.4 Å². The maximum atomic E-state index is 11.6. The van der Waals surface area contributed by atoms with Crippen LogP contribution in [0.4, 0.5) is 0 Å². The molecule has 4 aromatic rings. The summed E-state index contributed by atoms with van der Waals surface area (Å²) in [6.07, 6.45) is 6.34. The summed E-state index contributed by atoms with van der Waals surface area (Å²) in [4.78, 5) is 11.6. The van der Waals surface area contributed by atoms with Gasteiger partial charge >= 0.3 is 5.97 Å². The van der Waals surface area contributed by atoms with Crippen molar-refractivity contribution >= 4 is 22.8 Å². The second-order valence-electron chi connectivity index (χ2n) is 8.55. The Balaban J connectivity index is 1.80. The molecule has 0 N–H and O–H groups in total. The van der Waals surface area contributed by atoms with E-state index in [0.717, 1.165) is 64.0 Å². The zero-order valence-electron chi connectivity index (χ0n) is 21.1. The van der Waals surface area contributed by atoms with Gasteiger partial charge in [0, 0.05) is 17.0 Å². The molecule has 0 aliphatic heterocycles. The Bertz CT molecular complexity index is 1340. The summed E-state index contributed by atoms with van der Waals surface area (Å²) in [5.74, 6) is 2.03. The molecule has 0 heterocycles. The van der Waals surface area contributed by atoms with Gasteiger partial charge in [-0.15, -0.1) is 0 Å². The number of carbonyl (C=O) groups excluding carboxylic acids is 1. The number of methoxy groups -OCH3 is 1. The first kappa shape index (κ1) is 25.1. The number of carbonyl (C=O) groups is 1. The van der Waals surface area contributed by atoms with Crippen molar-refractivity contribution in [2.75, 3.05) is 13.7 Å². The van der Waals surface area contributed by atoms with Crippen LogP contribution in [-0.2, 0) is 16.0 Å². The van der Waals surface area contributed by atoms with Crippen molar-refractivity contribution in [2.24, 2.45) is 0 Å². The van der Waals surface area contributed by atoms with Crippen molar-refractivity contribution in [2.45, 2.75) is 33.1 Å². The molecule has 0 radical (unpaired) electrons. The Hall–Kier alpha value is -4.05. The molecule has 0 aromatic heterocycles. The summed E-state index contributed by atoms with van der Waals surface area (Å²) in [6, 6.07) is 26.5. The number of hydrogen-bond donors (Lipinski definition) is 0. The third kappa shape index (κ3) is 5.95. The van der Waals surface area contributed by atoms with Crippen LogP contribution >= 0.6 is 0 Å². The van der Waals surface area contributed by atoms with E-state index in [0.29, 0.717) is 6.61 Å². The highest BCUT2D eigenvalue weighted by Crippen LogP contribution is 2.43. The minimum atomic E-state index is -0.351. The highest BCUT2D eigenvalue weighted by atomic mass is 16.5. The summed E-state index contributed by atoms with van der Waals surface area (Å²) >= 11 is 0. The molecule has 184 valence electrons. The number of fused-ring (bicyclic) bond motifs is 1. The maximum Gasteiger partial charge on any atom is 0.330 e. The molecular weight excluding hydrogens is 448 g/mol. The molecular formula is C32H32O4. The summed E-state index contributed by atoms with van der Waals surface area (Å²) in [5.41, 5.74) is 4.40. The topological polar surface area (TPSA) is 44.8 Å². The van der Waals surface area contributed by atoms with E-state index in [2.05, 4.69) is 49.4 Å². The van der Waals surface area contributed by atoms with Gasteiger partial charge in [0.1, 0.15) is 17.2 Å². The molecule has 0 atom stereocenters. The average molecular weight is 481 g/mol. The average Bonchev–Trinajstić information content (AvgIpc) is 2.91.